The first-order chi connectivity index (χ1) is 15.6. The second-order valence-electron chi connectivity index (χ2n) is 7.67. The summed E-state index contributed by atoms with van der Waals surface area (Å²) < 4.78 is 54.2. The number of rotatable bonds is 5. The van der Waals surface area contributed by atoms with Gasteiger partial charge in [0.05, 0.1) is 11.5 Å². The molecular formula is C21H18F4N6O2. The smallest absolute Gasteiger partial charge is 0.338 e. The topological polar surface area (TPSA) is 93.0 Å². The number of hydrogen-bond acceptors (Lipinski definition) is 5. The van der Waals surface area contributed by atoms with E-state index >= 15 is 0 Å². The lowest BCUT2D eigenvalue weighted by Gasteiger charge is -2.18. The maximum absolute atomic E-state index is 14.2. The number of carbonyl (C=O) groups excluding carboxylic acids is 2. The highest BCUT2D eigenvalue weighted by atomic mass is 19.4. The van der Waals surface area contributed by atoms with Gasteiger partial charge in [0.15, 0.2) is 5.82 Å². The summed E-state index contributed by atoms with van der Waals surface area (Å²) in [4.78, 5) is 26.4. The number of nitrogens with one attached hydrogen (secondary N) is 1. The fraction of sp³-hybridized carbons (Fsp3) is 0.286. The van der Waals surface area contributed by atoms with Crippen LogP contribution >= 0.6 is 0 Å². The maximum atomic E-state index is 14.2. The van der Waals surface area contributed by atoms with Gasteiger partial charge < -0.3 is 10.2 Å². The molecule has 33 heavy (non-hydrogen) atoms. The minimum absolute atomic E-state index is 0.0359. The quantitative estimate of drug-likeness (QED) is 0.589. The van der Waals surface area contributed by atoms with Gasteiger partial charge in [-0.25, -0.2) is 4.39 Å². The van der Waals surface area contributed by atoms with Crippen LogP contribution in [0, 0.1) is 18.7 Å². The molecule has 1 saturated heterocycles. The molecule has 0 spiro atoms. The van der Waals surface area contributed by atoms with Crippen molar-refractivity contribution in [1.29, 1.82) is 0 Å². The summed E-state index contributed by atoms with van der Waals surface area (Å²) in [6.45, 7) is 1.61. The second-order valence-corrected chi connectivity index (χ2v) is 7.67. The van der Waals surface area contributed by atoms with Gasteiger partial charge in [0.1, 0.15) is 11.5 Å². The molecule has 1 aliphatic heterocycles. The normalized spacial score (nSPS) is 16.3. The molecule has 2 aromatic carbocycles. The standard InChI is InChI=1S/C21H18F4N6O2/c1-12-27-28-29-31(12)18-9-16(5-6-17(18)22)26-20(33)14-8-19(32)30(11-14)10-13-3-2-4-15(7-13)21(23,24)25/h2-7,9,14H,8,10-11H2,1H3,(H,26,33). The van der Waals surface area contributed by atoms with Gasteiger partial charge in [-0.2, -0.15) is 17.9 Å². The zero-order chi connectivity index (χ0) is 23.8. The number of aryl methyl sites for hydroxylation is 1. The molecule has 0 aliphatic carbocycles. The van der Waals surface area contributed by atoms with Crippen LogP contribution < -0.4 is 5.32 Å². The maximum Gasteiger partial charge on any atom is 0.416 e. The third-order valence-corrected chi connectivity index (χ3v) is 5.28. The number of anilines is 1. The molecule has 1 fully saturated rings. The zero-order valence-electron chi connectivity index (χ0n) is 17.3. The molecule has 0 bridgehead atoms. The van der Waals surface area contributed by atoms with E-state index in [4.69, 9.17) is 0 Å². The van der Waals surface area contributed by atoms with Crippen molar-refractivity contribution in [3.63, 3.8) is 0 Å². The summed E-state index contributed by atoms with van der Waals surface area (Å²) in [6, 6.07) is 8.62. The fourth-order valence-electron chi connectivity index (χ4n) is 3.62. The first kappa shape index (κ1) is 22.4. The SMILES string of the molecule is Cc1nnnn1-c1cc(NC(=O)C2CC(=O)N(Cc3cccc(C(F)(F)F)c3)C2)ccc1F. The summed E-state index contributed by atoms with van der Waals surface area (Å²) in [5, 5.41) is 13.5. The number of carbonyl (C=O) groups is 2. The predicted octanol–water partition coefficient (Wildman–Crippen LogP) is 3.12. The Bertz CT molecular complexity index is 1210. The summed E-state index contributed by atoms with van der Waals surface area (Å²) in [7, 11) is 0. The zero-order valence-corrected chi connectivity index (χ0v) is 17.3. The van der Waals surface area contributed by atoms with E-state index in [9.17, 15) is 27.2 Å². The van der Waals surface area contributed by atoms with Gasteiger partial charge in [0, 0.05) is 25.2 Å². The Kier molecular flexibility index (Phi) is 5.83. The highest BCUT2D eigenvalue weighted by Gasteiger charge is 2.35. The monoisotopic (exact) mass is 462 g/mol. The van der Waals surface area contributed by atoms with Crippen LogP contribution in [0.15, 0.2) is 42.5 Å². The Morgan fingerprint density at radius 2 is 2.00 bits per heavy atom. The number of halogens is 4. The minimum atomic E-state index is -4.48. The molecule has 0 saturated carbocycles. The Morgan fingerprint density at radius 3 is 2.70 bits per heavy atom. The molecule has 1 aromatic heterocycles. The number of tetrazole rings is 1. The molecule has 172 valence electrons. The number of hydrogen-bond donors (Lipinski definition) is 1. The molecule has 1 aliphatic rings. The van der Waals surface area contributed by atoms with E-state index in [0.29, 0.717) is 11.4 Å². The van der Waals surface area contributed by atoms with Crippen molar-refractivity contribution in [2.45, 2.75) is 26.1 Å². The molecule has 2 heterocycles. The summed E-state index contributed by atoms with van der Waals surface area (Å²) in [6.07, 6.45) is -4.56. The van der Waals surface area contributed by atoms with Gasteiger partial charge in [0.2, 0.25) is 11.8 Å². The summed E-state index contributed by atoms with van der Waals surface area (Å²) in [5.41, 5.74) is -0.149. The van der Waals surface area contributed by atoms with Crippen LogP contribution in [-0.2, 0) is 22.3 Å². The van der Waals surface area contributed by atoms with E-state index in [1.807, 2.05) is 0 Å². The number of benzene rings is 2. The third-order valence-electron chi connectivity index (χ3n) is 5.28. The van der Waals surface area contributed by atoms with Gasteiger partial charge in [0.25, 0.3) is 0 Å². The summed E-state index contributed by atoms with van der Waals surface area (Å²) >= 11 is 0. The van der Waals surface area contributed by atoms with Crippen LogP contribution in [0.3, 0.4) is 0 Å². The molecule has 1 N–H and O–H groups in total. The predicted molar refractivity (Wildman–Crippen MR) is 107 cm³/mol. The number of amides is 2. The fourth-order valence-corrected chi connectivity index (χ4v) is 3.62. The highest BCUT2D eigenvalue weighted by Crippen LogP contribution is 2.30. The largest absolute Gasteiger partial charge is 0.416 e. The van der Waals surface area contributed by atoms with Gasteiger partial charge in [-0.15, -0.1) is 5.10 Å². The molecule has 2 amide bonds. The molecule has 8 nitrogen and oxygen atoms in total. The van der Waals surface area contributed by atoms with E-state index in [1.165, 1.54) is 33.8 Å². The van der Waals surface area contributed by atoms with E-state index in [-0.39, 0.29) is 36.8 Å². The van der Waals surface area contributed by atoms with Gasteiger partial charge in [-0.05, 0) is 53.2 Å². The van der Waals surface area contributed by atoms with Crippen molar-refractivity contribution < 1.29 is 27.2 Å². The minimum Gasteiger partial charge on any atom is -0.338 e. The van der Waals surface area contributed by atoms with Crippen LogP contribution in [0.2, 0.25) is 0 Å². The van der Waals surface area contributed by atoms with E-state index in [2.05, 4.69) is 20.8 Å². The van der Waals surface area contributed by atoms with Crippen molar-refractivity contribution in [2.24, 2.45) is 5.92 Å². The average Bonchev–Trinajstić information content (AvgIpc) is 3.34. The Balaban J connectivity index is 1.44. The van der Waals surface area contributed by atoms with Crippen molar-refractivity contribution in [1.82, 2.24) is 25.1 Å². The number of alkyl halides is 3. The lowest BCUT2D eigenvalue weighted by Crippen LogP contribution is -2.28. The van der Waals surface area contributed by atoms with Crippen LogP contribution in [-0.4, -0.2) is 43.5 Å². The van der Waals surface area contributed by atoms with Crippen molar-refractivity contribution in [3.8, 4) is 5.69 Å². The lowest BCUT2D eigenvalue weighted by molar-refractivity contribution is -0.137. The van der Waals surface area contributed by atoms with Crippen LogP contribution in [0.1, 0.15) is 23.4 Å². The van der Waals surface area contributed by atoms with Crippen molar-refractivity contribution >= 4 is 17.5 Å². The Hall–Kier alpha value is -3.83. The molecule has 0 radical (unpaired) electrons. The molecule has 1 atom stereocenters. The van der Waals surface area contributed by atoms with E-state index in [0.717, 1.165) is 18.2 Å². The molecule has 3 aromatic rings. The van der Waals surface area contributed by atoms with Crippen LogP contribution in [0.5, 0.6) is 0 Å². The van der Waals surface area contributed by atoms with Gasteiger partial charge >= 0.3 is 6.18 Å². The highest BCUT2D eigenvalue weighted by molar-refractivity contribution is 5.97. The molecule has 1 unspecified atom stereocenters. The molecular weight excluding hydrogens is 444 g/mol. The van der Waals surface area contributed by atoms with E-state index < -0.39 is 29.4 Å². The summed E-state index contributed by atoms with van der Waals surface area (Å²) in [5.74, 6) is -1.74. The van der Waals surface area contributed by atoms with Crippen molar-refractivity contribution in [3.05, 3.63) is 65.2 Å². The van der Waals surface area contributed by atoms with Crippen LogP contribution in [0.25, 0.3) is 5.69 Å². The van der Waals surface area contributed by atoms with Gasteiger partial charge in [-0.3, -0.25) is 9.59 Å². The average molecular weight is 462 g/mol. The number of likely N-dealkylation sites (tertiary alicyclic amines) is 1. The molecule has 4 rings (SSSR count). The second kappa shape index (κ2) is 8.60. The van der Waals surface area contributed by atoms with Crippen molar-refractivity contribution in [2.75, 3.05) is 11.9 Å². The number of nitrogens with zero attached hydrogens (tertiary/aromatic N) is 5. The first-order valence-electron chi connectivity index (χ1n) is 9.91. The van der Waals surface area contributed by atoms with Crippen LogP contribution in [0.4, 0.5) is 23.2 Å². The third kappa shape index (κ3) is 4.83. The van der Waals surface area contributed by atoms with Gasteiger partial charge in [-0.1, -0.05) is 12.1 Å². The first-order valence-corrected chi connectivity index (χ1v) is 9.91. The number of aromatic nitrogens is 4. The lowest BCUT2D eigenvalue weighted by atomic mass is 10.1. The Labute approximate surface area is 185 Å². The van der Waals surface area contributed by atoms with E-state index in [1.54, 1.807) is 6.92 Å². The molecule has 12 heteroatoms. The Morgan fingerprint density at radius 1 is 1.21 bits per heavy atom.